The highest BCUT2D eigenvalue weighted by atomic mass is 32.2. The second-order valence-corrected chi connectivity index (χ2v) is 4.00. The third-order valence-electron chi connectivity index (χ3n) is 1.69. The molecule has 0 radical (unpaired) electrons. The van der Waals surface area contributed by atoms with Gasteiger partial charge >= 0.3 is 6.18 Å². The minimum atomic E-state index is -4.07. The number of alkyl halides is 3. The van der Waals surface area contributed by atoms with Gasteiger partial charge in [-0.05, 0) is 18.6 Å². The van der Waals surface area contributed by atoms with Crippen LogP contribution in [0.2, 0.25) is 0 Å². The standard InChI is InChI=1S/C6H10F3NS/c7-6(8,9)5-3-4(10)1-2-11-5/h4-5H,1-3,10H2. The smallest absolute Gasteiger partial charge is 0.328 e. The number of hydrogen-bond donors (Lipinski definition) is 1. The van der Waals surface area contributed by atoms with Crippen molar-refractivity contribution >= 4 is 11.8 Å². The van der Waals surface area contributed by atoms with Crippen molar-refractivity contribution in [1.29, 1.82) is 0 Å². The zero-order valence-electron chi connectivity index (χ0n) is 5.90. The molecule has 0 spiro atoms. The molecule has 2 N–H and O–H groups in total. The Kier molecular flexibility index (Phi) is 2.70. The van der Waals surface area contributed by atoms with E-state index in [2.05, 4.69) is 0 Å². The van der Waals surface area contributed by atoms with Crippen molar-refractivity contribution in [2.45, 2.75) is 30.3 Å². The summed E-state index contributed by atoms with van der Waals surface area (Å²) in [5.74, 6) is 0.533. The van der Waals surface area contributed by atoms with Crippen LogP contribution in [0.5, 0.6) is 0 Å². The predicted molar refractivity (Wildman–Crippen MR) is 39.5 cm³/mol. The van der Waals surface area contributed by atoms with Crippen LogP contribution in [0.4, 0.5) is 13.2 Å². The summed E-state index contributed by atoms with van der Waals surface area (Å²) < 4.78 is 36.1. The zero-order valence-corrected chi connectivity index (χ0v) is 6.71. The molecule has 5 heteroatoms. The van der Waals surface area contributed by atoms with Gasteiger partial charge in [-0.25, -0.2) is 0 Å². The summed E-state index contributed by atoms with van der Waals surface area (Å²) >= 11 is 0.969. The lowest BCUT2D eigenvalue weighted by molar-refractivity contribution is -0.131. The van der Waals surface area contributed by atoms with Crippen LogP contribution >= 0.6 is 11.8 Å². The van der Waals surface area contributed by atoms with E-state index in [1.807, 2.05) is 0 Å². The fourth-order valence-electron chi connectivity index (χ4n) is 1.05. The number of halogens is 3. The van der Waals surface area contributed by atoms with Crippen molar-refractivity contribution < 1.29 is 13.2 Å². The van der Waals surface area contributed by atoms with Gasteiger partial charge in [0, 0.05) is 6.04 Å². The maximum Gasteiger partial charge on any atom is 0.400 e. The molecule has 0 aromatic rings. The van der Waals surface area contributed by atoms with Gasteiger partial charge in [-0.1, -0.05) is 0 Å². The van der Waals surface area contributed by atoms with Crippen molar-refractivity contribution in [2.24, 2.45) is 5.73 Å². The third-order valence-corrected chi connectivity index (χ3v) is 3.02. The summed E-state index contributed by atoms with van der Waals surface area (Å²) in [6.07, 6.45) is -3.28. The van der Waals surface area contributed by atoms with E-state index in [1.54, 1.807) is 0 Å². The van der Waals surface area contributed by atoms with Gasteiger partial charge in [-0.3, -0.25) is 0 Å². The molecule has 0 saturated carbocycles. The molecule has 0 bridgehead atoms. The van der Waals surface area contributed by atoms with E-state index in [0.717, 1.165) is 11.8 Å². The summed E-state index contributed by atoms with van der Waals surface area (Å²) in [6, 6.07) is -0.261. The molecule has 2 unspecified atom stereocenters. The van der Waals surface area contributed by atoms with Gasteiger partial charge < -0.3 is 5.73 Å². The average molecular weight is 185 g/mol. The van der Waals surface area contributed by atoms with Crippen LogP contribution in [-0.4, -0.2) is 23.2 Å². The minimum Gasteiger partial charge on any atom is -0.328 e. The van der Waals surface area contributed by atoms with E-state index in [1.165, 1.54) is 0 Å². The van der Waals surface area contributed by atoms with Crippen molar-refractivity contribution in [1.82, 2.24) is 0 Å². The topological polar surface area (TPSA) is 26.0 Å². The number of nitrogens with two attached hydrogens (primary N) is 1. The van der Waals surface area contributed by atoms with Gasteiger partial charge in [0.15, 0.2) is 0 Å². The number of hydrogen-bond acceptors (Lipinski definition) is 2. The molecule has 11 heavy (non-hydrogen) atoms. The number of rotatable bonds is 0. The average Bonchev–Trinajstić information content (AvgIpc) is 1.86. The second-order valence-electron chi connectivity index (χ2n) is 2.69. The summed E-state index contributed by atoms with van der Waals surface area (Å²) in [5, 5.41) is -1.23. The van der Waals surface area contributed by atoms with Gasteiger partial charge in [-0.2, -0.15) is 13.2 Å². The lowest BCUT2D eigenvalue weighted by atomic mass is 10.1. The van der Waals surface area contributed by atoms with E-state index in [-0.39, 0.29) is 12.5 Å². The molecule has 0 aromatic carbocycles. The van der Waals surface area contributed by atoms with Crippen LogP contribution in [0.3, 0.4) is 0 Å². The first-order valence-corrected chi connectivity index (χ1v) is 4.49. The van der Waals surface area contributed by atoms with Crippen molar-refractivity contribution in [3.05, 3.63) is 0 Å². The molecule has 1 aliphatic heterocycles. The van der Waals surface area contributed by atoms with Crippen molar-refractivity contribution in [3.8, 4) is 0 Å². The molecule has 1 nitrogen and oxygen atoms in total. The Bertz CT molecular complexity index is 136. The van der Waals surface area contributed by atoms with Gasteiger partial charge in [0.05, 0.1) is 0 Å². The minimum absolute atomic E-state index is 0.0775. The van der Waals surface area contributed by atoms with Gasteiger partial charge in [-0.15, -0.1) is 11.8 Å². The van der Waals surface area contributed by atoms with Crippen LogP contribution in [-0.2, 0) is 0 Å². The monoisotopic (exact) mass is 185 g/mol. The Hall–Kier alpha value is 0.100. The summed E-state index contributed by atoms with van der Waals surface area (Å²) in [6.45, 7) is 0. The third kappa shape index (κ3) is 2.56. The van der Waals surface area contributed by atoms with E-state index in [4.69, 9.17) is 5.73 Å². The molecule has 66 valence electrons. The van der Waals surface area contributed by atoms with Crippen molar-refractivity contribution in [3.63, 3.8) is 0 Å². The molecule has 0 aliphatic carbocycles. The Morgan fingerprint density at radius 2 is 2.00 bits per heavy atom. The highest BCUT2D eigenvalue weighted by Gasteiger charge is 2.42. The lowest BCUT2D eigenvalue weighted by Gasteiger charge is -2.27. The van der Waals surface area contributed by atoms with Crippen LogP contribution < -0.4 is 5.73 Å². The molecular weight excluding hydrogens is 175 g/mol. The highest BCUT2D eigenvalue weighted by molar-refractivity contribution is 8.00. The molecule has 1 heterocycles. The maximum atomic E-state index is 12.0. The lowest BCUT2D eigenvalue weighted by Crippen LogP contribution is -2.37. The maximum absolute atomic E-state index is 12.0. The van der Waals surface area contributed by atoms with E-state index >= 15 is 0 Å². The van der Waals surface area contributed by atoms with E-state index in [0.29, 0.717) is 12.2 Å². The molecule has 0 aromatic heterocycles. The first kappa shape index (κ1) is 9.19. The Morgan fingerprint density at radius 1 is 1.36 bits per heavy atom. The molecule has 1 fully saturated rings. The largest absolute Gasteiger partial charge is 0.400 e. The van der Waals surface area contributed by atoms with Gasteiger partial charge in [0.2, 0.25) is 0 Å². The highest BCUT2D eigenvalue weighted by Crippen LogP contribution is 2.36. The van der Waals surface area contributed by atoms with Crippen molar-refractivity contribution in [2.75, 3.05) is 5.75 Å². The quantitative estimate of drug-likeness (QED) is 0.622. The molecule has 1 rings (SSSR count). The van der Waals surface area contributed by atoms with Crippen LogP contribution in [0.15, 0.2) is 0 Å². The van der Waals surface area contributed by atoms with E-state index < -0.39 is 11.4 Å². The number of thioether (sulfide) groups is 1. The molecule has 2 atom stereocenters. The first-order chi connectivity index (χ1) is 5.00. The van der Waals surface area contributed by atoms with Crippen LogP contribution in [0.1, 0.15) is 12.8 Å². The normalized spacial score (nSPS) is 33.8. The van der Waals surface area contributed by atoms with Gasteiger partial charge in [0.1, 0.15) is 5.25 Å². The van der Waals surface area contributed by atoms with Gasteiger partial charge in [0.25, 0.3) is 0 Å². The fourth-order valence-corrected chi connectivity index (χ4v) is 2.35. The summed E-state index contributed by atoms with van der Waals surface area (Å²) in [4.78, 5) is 0. The SMILES string of the molecule is NC1CCSC(C(F)(F)F)C1. The molecule has 1 saturated heterocycles. The van der Waals surface area contributed by atoms with E-state index in [9.17, 15) is 13.2 Å². The Labute approximate surface area is 67.5 Å². The Balaban J connectivity index is 2.46. The van der Waals surface area contributed by atoms with Crippen LogP contribution in [0, 0.1) is 0 Å². The fraction of sp³-hybridized carbons (Fsp3) is 1.00. The predicted octanol–water partition coefficient (Wildman–Crippen LogP) is 1.77. The zero-order chi connectivity index (χ0) is 8.48. The molecule has 1 aliphatic rings. The Morgan fingerprint density at radius 3 is 2.36 bits per heavy atom. The summed E-state index contributed by atoms with van der Waals surface area (Å²) in [5.41, 5.74) is 5.41. The molecular formula is C6H10F3NS. The molecule has 0 amide bonds. The summed E-state index contributed by atoms with van der Waals surface area (Å²) in [7, 11) is 0. The second kappa shape index (κ2) is 3.23. The first-order valence-electron chi connectivity index (χ1n) is 3.44. The van der Waals surface area contributed by atoms with Crippen LogP contribution in [0.25, 0.3) is 0 Å².